The Morgan fingerprint density at radius 3 is 2.59 bits per heavy atom. The summed E-state index contributed by atoms with van der Waals surface area (Å²) in [6.07, 6.45) is 2.55. The summed E-state index contributed by atoms with van der Waals surface area (Å²) >= 11 is 0. The fourth-order valence-corrected chi connectivity index (χ4v) is 2.82. The topological polar surface area (TPSA) is 32.3 Å². The van der Waals surface area contributed by atoms with E-state index in [1.54, 1.807) is 0 Å². The van der Waals surface area contributed by atoms with E-state index < -0.39 is 28.7 Å². The molecule has 2 aliphatic rings. The number of nitrogens with zero attached hydrogens (tertiary/aromatic N) is 1. The lowest BCUT2D eigenvalue weighted by atomic mass is 10.0. The molecule has 0 radical (unpaired) electrons. The molecule has 6 heteroatoms. The fraction of sp³-hybridized carbons (Fsp3) is 0.562. The fourth-order valence-electron chi connectivity index (χ4n) is 2.82. The lowest BCUT2D eigenvalue weighted by Gasteiger charge is -2.35. The minimum atomic E-state index is -3.73. The quantitative estimate of drug-likeness (QED) is 0.906. The molecule has 120 valence electrons. The van der Waals surface area contributed by atoms with Gasteiger partial charge in [-0.05, 0) is 57.0 Å². The number of halogens is 3. The van der Waals surface area contributed by atoms with Crippen molar-refractivity contribution in [2.45, 2.75) is 37.6 Å². The van der Waals surface area contributed by atoms with Gasteiger partial charge in [0.1, 0.15) is 5.82 Å². The molecule has 1 aromatic carbocycles. The van der Waals surface area contributed by atoms with Gasteiger partial charge in [0.25, 0.3) is 5.91 Å². The molecule has 1 aliphatic carbocycles. The smallest absolute Gasteiger partial charge is 0.344 e. The molecule has 0 aromatic heterocycles. The van der Waals surface area contributed by atoms with Gasteiger partial charge in [-0.15, -0.1) is 0 Å². The molecule has 1 saturated heterocycles. The van der Waals surface area contributed by atoms with Gasteiger partial charge in [0.15, 0.2) is 0 Å². The van der Waals surface area contributed by atoms with Crippen LogP contribution in [-0.4, -0.2) is 36.0 Å². The average molecular weight is 312 g/mol. The number of alkyl halides is 2. The number of hydrogen-bond donors (Lipinski definition) is 1. The summed E-state index contributed by atoms with van der Waals surface area (Å²) in [5.74, 6) is -5.83. The van der Waals surface area contributed by atoms with E-state index in [9.17, 15) is 18.0 Å². The Morgan fingerprint density at radius 1 is 1.36 bits per heavy atom. The Morgan fingerprint density at radius 2 is 2.05 bits per heavy atom. The second kappa shape index (κ2) is 5.26. The van der Waals surface area contributed by atoms with E-state index in [2.05, 4.69) is 10.2 Å². The molecule has 22 heavy (non-hydrogen) atoms. The van der Waals surface area contributed by atoms with Gasteiger partial charge in [-0.25, -0.2) is 4.39 Å². The van der Waals surface area contributed by atoms with E-state index in [0.717, 1.165) is 31.6 Å². The van der Waals surface area contributed by atoms with Crippen LogP contribution in [0.2, 0.25) is 0 Å². The van der Waals surface area contributed by atoms with Crippen molar-refractivity contribution in [1.82, 2.24) is 10.2 Å². The molecule has 1 saturated carbocycles. The van der Waals surface area contributed by atoms with Gasteiger partial charge in [-0.3, -0.25) is 4.79 Å². The molecule has 1 N–H and O–H groups in total. The predicted molar refractivity (Wildman–Crippen MR) is 76.2 cm³/mol. The first-order valence-electron chi connectivity index (χ1n) is 7.52. The summed E-state index contributed by atoms with van der Waals surface area (Å²) in [6, 6.07) is 3.11. The van der Waals surface area contributed by atoms with Gasteiger partial charge in [0, 0.05) is 12.1 Å². The second-order valence-corrected chi connectivity index (χ2v) is 6.40. The van der Waals surface area contributed by atoms with Crippen LogP contribution in [0.3, 0.4) is 0 Å². The first kappa shape index (κ1) is 15.3. The van der Waals surface area contributed by atoms with E-state index in [0.29, 0.717) is 19.4 Å². The number of rotatable bonds is 5. The second-order valence-electron chi connectivity index (χ2n) is 6.40. The van der Waals surface area contributed by atoms with Crippen molar-refractivity contribution in [2.24, 2.45) is 0 Å². The molecule has 0 unspecified atom stereocenters. The van der Waals surface area contributed by atoms with Crippen molar-refractivity contribution in [3.8, 4) is 0 Å². The predicted octanol–water partition coefficient (Wildman–Crippen LogP) is 2.58. The van der Waals surface area contributed by atoms with Crippen LogP contribution in [0.15, 0.2) is 18.2 Å². The minimum Gasteiger partial charge on any atom is -0.344 e. The third kappa shape index (κ3) is 2.84. The molecule has 1 aromatic rings. The number of nitrogens with one attached hydrogen (secondary N) is 1. The van der Waals surface area contributed by atoms with E-state index in [1.807, 2.05) is 0 Å². The highest BCUT2D eigenvalue weighted by atomic mass is 19.3. The standard InChI is InChI=1S/C16H19F3N2O/c1-11-3-4-12(17)9-13(11)16(18,19)14(22)20-15(5-6-15)10-21-7-2-8-21/h3-4,9H,2,5-8,10H2,1H3,(H,20,22). The molecule has 0 bridgehead atoms. The maximum absolute atomic E-state index is 14.4. The SMILES string of the molecule is Cc1ccc(F)cc1C(F)(F)C(=O)NC1(CN2CCC2)CC1. The highest BCUT2D eigenvalue weighted by molar-refractivity contribution is 5.86. The van der Waals surface area contributed by atoms with Crippen LogP contribution < -0.4 is 5.32 Å². The summed E-state index contributed by atoms with van der Waals surface area (Å²) in [4.78, 5) is 14.2. The molecule has 1 aliphatic heterocycles. The number of carbonyl (C=O) groups excluding carboxylic acids is 1. The van der Waals surface area contributed by atoms with E-state index in [-0.39, 0.29) is 5.56 Å². The van der Waals surface area contributed by atoms with Crippen molar-refractivity contribution in [1.29, 1.82) is 0 Å². The highest BCUT2D eigenvalue weighted by Crippen LogP contribution is 2.39. The maximum atomic E-state index is 14.4. The molecule has 1 heterocycles. The van der Waals surface area contributed by atoms with Crippen molar-refractivity contribution < 1.29 is 18.0 Å². The average Bonchev–Trinajstić information content (AvgIpc) is 3.17. The van der Waals surface area contributed by atoms with Crippen LogP contribution in [0.5, 0.6) is 0 Å². The zero-order chi connectivity index (χ0) is 16.0. The summed E-state index contributed by atoms with van der Waals surface area (Å²) in [7, 11) is 0. The van der Waals surface area contributed by atoms with Crippen LogP contribution in [0.4, 0.5) is 13.2 Å². The van der Waals surface area contributed by atoms with Crippen LogP contribution in [0, 0.1) is 12.7 Å². The van der Waals surface area contributed by atoms with Gasteiger partial charge in [-0.2, -0.15) is 8.78 Å². The minimum absolute atomic E-state index is 0.203. The summed E-state index contributed by atoms with van der Waals surface area (Å²) in [5, 5.41) is 2.50. The zero-order valence-electron chi connectivity index (χ0n) is 12.5. The van der Waals surface area contributed by atoms with Crippen LogP contribution in [-0.2, 0) is 10.7 Å². The Hall–Kier alpha value is -1.56. The molecule has 0 atom stereocenters. The third-order valence-corrected chi connectivity index (χ3v) is 4.53. The summed E-state index contributed by atoms with van der Waals surface area (Å²) < 4.78 is 42.0. The molecular weight excluding hydrogens is 293 g/mol. The molecule has 3 rings (SSSR count). The van der Waals surface area contributed by atoms with Gasteiger partial charge in [-0.1, -0.05) is 6.07 Å². The number of likely N-dealkylation sites (tertiary alicyclic amines) is 1. The van der Waals surface area contributed by atoms with E-state index in [4.69, 9.17) is 0 Å². The molecule has 2 fully saturated rings. The zero-order valence-corrected chi connectivity index (χ0v) is 12.5. The molecular formula is C16H19F3N2O. The van der Waals surface area contributed by atoms with Crippen LogP contribution >= 0.6 is 0 Å². The van der Waals surface area contributed by atoms with Gasteiger partial charge < -0.3 is 10.2 Å². The van der Waals surface area contributed by atoms with E-state index in [1.165, 1.54) is 13.0 Å². The monoisotopic (exact) mass is 312 g/mol. The van der Waals surface area contributed by atoms with Gasteiger partial charge >= 0.3 is 5.92 Å². The van der Waals surface area contributed by atoms with Crippen molar-refractivity contribution >= 4 is 5.91 Å². The third-order valence-electron chi connectivity index (χ3n) is 4.53. The Bertz CT molecular complexity index is 595. The lowest BCUT2D eigenvalue weighted by molar-refractivity contribution is -0.148. The van der Waals surface area contributed by atoms with Gasteiger partial charge in [0.2, 0.25) is 0 Å². The normalized spacial score (nSPS) is 20.4. The number of amides is 1. The van der Waals surface area contributed by atoms with Crippen molar-refractivity contribution in [2.75, 3.05) is 19.6 Å². The van der Waals surface area contributed by atoms with Gasteiger partial charge in [0.05, 0.1) is 5.54 Å². The summed E-state index contributed by atoms with van der Waals surface area (Å²) in [5.41, 5.74) is -0.888. The van der Waals surface area contributed by atoms with Crippen molar-refractivity contribution in [3.63, 3.8) is 0 Å². The molecule has 3 nitrogen and oxygen atoms in total. The Balaban J connectivity index is 1.74. The van der Waals surface area contributed by atoms with Crippen LogP contribution in [0.25, 0.3) is 0 Å². The number of carbonyl (C=O) groups is 1. The molecule has 1 amide bonds. The Kier molecular flexibility index (Phi) is 3.67. The lowest BCUT2D eigenvalue weighted by Crippen LogP contribution is -2.53. The van der Waals surface area contributed by atoms with Crippen molar-refractivity contribution in [3.05, 3.63) is 35.1 Å². The van der Waals surface area contributed by atoms with Crippen LogP contribution in [0.1, 0.15) is 30.4 Å². The number of hydrogen-bond acceptors (Lipinski definition) is 2. The first-order chi connectivity index (χ1) is 10.3. The number of aryl methyl sites for hydroxylation is 1. The largest absolute Gasteiger partial charge is 0.350 e. The van der Waals surface area contributed by atoms with E-state index >= 15 is 0 Å². The highest BCUT2D eigenvalue weighted by Gasteiger charge is 2.51. The Labute approximate surface area is 127 Å². The maximum Gasteiger partial charge on any atom is 0.350 e. The first-order valence-corrected chi connectivity index (χ1v) is 7.52. The number of benzene rings is 1. The summed E-state index contributed by atoms with van der Waals surface area (Å²) in [6.45, 7) is 3.98. The molecule has 0 spiro atoms.